The van der Waals surface area contributed by atoms with Crippen LogP contribution in [0.4, 0.5) is 13.2 Å². The second-order valence-electron chi connectivity index (χ2n) is 10.5. The molecule has 1 aromatic rings. The molecule has 1 aliphatic carbocycles. The SMILES string of the molecule is CCC(C=Cc1cccc(C(F)(F)F)c1)N=C(N=C(N)N=C(C)/C=C(\CCCN)C1CC1)N1CCN(CCO)CC1. The summed E-state index contributed by atoms with van der Waals surface area (Å²) in [5, 5.41) is 9.30. The van der Waals surface area contributed by atoms with E-state index in [1.54, 1.807) is 18.2 Å². The molecule has 0 radical (unpaired) electrons. The van der Waals surface area contributed by atoms with Crippen molar-refractivity contribution in [2.45, 2.75) is 58.2 Å². The Morgan fingerprint density at radius 3 is 2.51 bits per heavy atom. The summed E-state index contributed by atoms with van der Waals surface area (Å²) in [6.45, 7) is 7.99. The molecule has 1 unspecified atom stereocenters. The highest BCUT2D eigenvalue weighted by Crippen LogP contribution is 2.38. The molecule has 1 saturated heterocycles. The molecule has 11 heteroatoms. The Hall–Kier alpha value is -3.02. The van der Waals surface area contributed by atoms with E-state index >= 15 is 0 Å². The fraction of sp³-hybridized carbons (Fsp3) is 0.567. The zero-order valence-corrected chi connectivity index (χ0v) is 24.2. The van der Waals surface area contributed by atoms with Crippen LogP contribution in [0.1, 0.15) is 57.1 Å². The van der Waals surface area contributed by atoms with Gasteiger partial charge < -0.3 is 21.5 Å². The van der Waals surface area contributed by atoms with Gasteiger partial charge in [-0.25, -0.2) is 9.98 Å². The molecule has 226 valence electrons. The number of aliphatic imine (C=N–C) groups is 3. The summed E-state index contributed by atoms with van der Waals surface area (Å²) in [6.07, 6.45) is 6.03. The fourth-order valence-electron chi connectivity index (χ4n) is 4.72. The lowest BCUT2D eigenvalue weighted by molar-refractivity contribution is -0.137. The molecule has 1 aromatic carbocycles. The molecule has 1 aliphatic heterocycles. The molecule has 0 amide bonds. The van der Waals surface area contributed by atoms with Crippen LogP contribution >= 0.6 is 0 Å². The topological polar surface area (TPSA) is 116 Å². The summed E-state index contributed by atoms with van der Waals surface area (Å²) in [4.78, 5) is 18.2. The number of aliphatic hydroxyl groups is 1. The van der Waals surface area contributed by atoms with Crippen molar-refractivity contribution < 1.29 is 18.3 Å². The highest BCUT2D eigenvalue weighted by atomic mass is 19.4. The van der Waals surface area contributed by atoms with Crippen molar-refractivity contribution >= 4 is 23.7 Å². The first-order chi connectivity index (χ1) is 19.6. The van der Waals surface area contributed by atoms with Crippen LogP contribution in [0.25, 0.3) is 6.08 Å². The van der Waals surface area contributed by atoms with Gasteiger partial charge in [0.2, 0.25) is 11.9 Å². The number of aliphatic hydroxyl groups excluding tert-OH is 1. The zero-order valence-electron chi connectivity index (χ0n) is 24.2. The van der Waals surface area contributed by atoms with Crippen LogP contribution in [0.3, 0.4) is 0 Å². The average molecular weight is 576 g/mol. The number of rotatable bonds is 11. The molecule has 0 spiro atoms. The minimum absolute atomic E-state index is 0.0971. The van der Waals surface area contributed by atoms with Crippen molar-refractivity contribution in [1.82, 2.24) is 9.80 Å². The Kier molecular flexibility index (Phi) is 12.6. The third-order valence-electron chi connectivity index (χ3n) is 7.17. The number of hydrogen-bond donors (Lipinski definition) is 3. The van der Waals surface area contributed by atoms with E-state index in [9.17, 15) is 18.3 Å². The van der Waals surface area contributed by atoms with Crippen LogP contribution in [-0.2, 0) is 6.18 Å². The van der Waals surface area contributed by atoms with Crippen molar-refractivity contribution in [1.29, 1.82) is 0 Å². The second kappa shape index (κ2) is 15.8. The number of allylic oxidation sites excluding steroid dienone is 2. The van der Waals surface area contributed by atoms with E-state index in [0.29, 0.717) is 50.0 Å². The summed E-state index contributed by atoms with van der Waals surface area (Å²) < 4.78 is 39.5. The first kappa shape index (κ1) is 32.5. The molecular formula is C30H44F3N7O. The van der Waals surface area contributed by atoms with Gasteiger partial charge in [-0.2, -0.15) is 18.2 Å². The summed E-state index contributed by atoms with van der Waals surface area (Å²) >= 11 is 0. The van der Waals surface area contributed by atoms with Gasteiger partial charge in [0.15, 0.2) is 0 Å². The van der Waals surface area contributed by atoms with Gasteiger partial charge >= 0.3 is 6.18 Å². The standard InChI is InChI=1S/C30H44F3N7O/c1-3-27(12-9-23-6-4-8-26(21-23)30(31,32)33)37-29(40-16-14-39(15-17-40)18-19-41)38-28(35)36-22(2)20-25(7-5-13-34)24-10-11-24/h4,6,8-9,12,20-21,24,27,41H,3,5,7,10-11,13-19,34H2,1-2H3,(H2,35,37,38)/b12-9?,25-20+,36-22?. The van der Waals surface area contributed by atoms with Crippen LogP contribution in [0.5, 0.6) is 0 Å². The molecule has 2 aliphatic rings. The molecule has 41 heavy (non-hydrogen) atoms. The second-order valence-corrected chi connectivity index (χ2v) is 10.5. The van der Waals surface area contributed by atoms with E-state index in [-0.39, 0.29) is 18.6 Å². The minimum Gasteiger partial charge on any atom is -0.395 e. The number of nitrogens with two attached hydrogens (primary N) is 2. The highest BCUT2D eigenvalue weighted by Gasteiger charge is 2.30. The first-order valence-electron chi connectivity index (χ1n) is 14.4. The quantitative estimate of drug-likeness (QED) is 0.269. The lowest BCUT2D eigenvalue weighted by Gasteiger charge is -2.35. The number of benzene rings is 1. The van der Waals surface area contributed by atoms with Gasteiger partial charge in [-0.1, -0.05) is 36.8 Å². The molecule has 1 heterocycles. The number of β-amino-alcohol motifs (C(OH)–C–C–N with tert-alkyl or cyclic N) is 1. The highest BCUT2D eigenvalue weighted by molar-refractivity contribution is 6.05. The van der Waals surface area contributed by atoms with Crippen LogP contribution < -0.4 is 11.5 Å². The fourth-order valence-corrected chi connectivity index (χ4v) is 4.72. The molecule has 2 fully saturated rings. The predicted octanol–water partition coefficient (Wildman–Crippen LogP) is 4.31. The van der Waals surface area contributed by atoms with E-state index < -0.39 is 11.7 Å². The number of guanidine groups is 2. The third kappa shape index (κ3) is 11.1. The number of nitrogens with zero attached hydrogens (tertiary/aromatic N) is 5. The monoisotopic (exact) mass is 575 g/mol. The van der Waals surface area contributed by atoms with Crippen molar-refractivity contribution in [2.75, 3.05) is 45.9 Å². The van der Waals surface area contributed by atoms with E-state index in [0.717, 1.165) is 43.8 Å². The van der Waals surface area contributed by atoms with E-state index in [1.165, 1.54) is 24.5 Å². The number of alkyl halides is 3. The largest absolute Gasteiger partial charge is 0.416 e. The molecule has 8 nitrogen and oxygen atoms in total. The summed E-state index contributed by atoms with van der Waals surface area (Å²) in [5.41, 5.74) is 13.9. The molecule has 1 atom stereocenters. The summed E-state index contributed by atoms with van der Waals surface area (Å²) in [6, 6.07) is 4.89. The number of halogens is 3. The van der Waals surface area contributed by atoms with Gasteiger partial charge in [0.25, 0.3) is 0 Å². The third-order valence-corrected chi connectivity index (χ3v) is 7.17. The molecule has 3 rings (SSSR count). The van der Waals surface area contributed by atoms with Crippen molar-refractivity contribution in [3.05, 3.63) is 53.1 Å². The summed E-state index contributed by atoms with van der Waals surface area (Å²) in [7, 11) is 0. The van der Waals surface area contributed by atoms with Crippen LogP contribution in [0.15, 0.2) is 57.0 Å². The maximum absolute atomic E-state index is 13.2. The Labute approximate surface area is 241 Å². The van der Waals surface area contributed by atoms with Gasteiger partial charge in [-0.3, -0.25) is 4.90 Å². The normalized spacial score (nSPS) is 19.3. The van der Waals surface area contributed by atoms with Gasteiger partial charge in [0, 0.05) is 38.4 Å². The van der Waals surface area contributed by atoms with E-state index in [2.05, 4.69) is 21.0 Å². The lowest BCUT2D eigenvalue weighted by atomic mass is 10.0. The van der Waals surface area contributed by atoms with E-state index in [4.69, 9.17) is 16.5 Å². The predicted molar refractivity (Wildman–Crippen MR) is 161 cm³/mol. The van der Waals surface area contributed by atoms with Gasteiger partial charge in [-0.05, 0) is 75.3 Å². The Morgan fingerprint density at radius 1 is 1.17 bits per heavy atom. The molecule has 0 bridgehead atoms. The van der Waals surface area contributed by atoms with Crippen molar-refractivity contribution in [3.63, 3.8) is 0 Å². The average Bonchev–Trinajstić information content (AvgIpc) is 3.78. The Bertz CT molecular complexity index is 1130. The van der Waals surface area contributed by atoms with Crippen LogP contribution in [0.2, 0.25) is 0 Å². The molecular weight excluding hydrogens is 531 g/mol. The van der Waals surface area contributed by atoms with E-state index in [1.807, 2.05) is 18.7 Å². The Morgan fingerprint density at radius 2 is 1.90 bits per heavy atom. The van der Waals surface area contributed by atoms with Crippen molar-refractivity contribution in [3.8, 4) is 0 Å². The van der Waals surface area contributed by atoms with Crippen LogP contribution in [0, 0.1) is 5.92 Å². The number of hydrogen-bond acceptors (Lipinski definition) is 4. The van der Waals surface area contributed by atoms with Crippen LogP contribution in [-0.4, -0.2) is 84.5 Å². The number of piperazine rings is 1. The molecule has 5 N–H and O–H groups in total. The first-order valence-corrected chi connectivity index (χ1v) is 14.4. The lowest BCUT2D eigenvalue weighted by Crippen LogP contribution is -2.49. The minimum atomic E-state index is -4.40. The molecule has 0 aromatic heterocycles. The van der Waals surface area contributed by atoms with Crippen molar-refractivity contribution in [2.24, 2.45) is 32.4 Å². The van der Waals surface area contributed by atoms with Gasteiger partial charge in [0.05, 0.1) is 18.2 Å². The molecule has 1 saturated carbocycles. The Balaban J connectivity index is 1.86. The smallest absolute Gasteiger partial charge is 0.395 e. The summed E-state index contributed by atoms with van der Waals surface area (Å²) in [5.74, 6) is 1.14. The maximum Gasteiger partial charge on any atom is 0.416 e. The van der Waals surface area contributed by atoms with Gasteiger partial charge in [0.1, 0.15) is 0 Å². The van der Waals surface area contributed by atoms with Gasteiger partial charge in [-0.15, -0.1) is 0 Å². The maximum atomic E-state index is 13.2. The zero-order chi connectivity index (χ0) is 29.8.